The van der Waals surface area contributed by atoms with Crippen LogP contribution in [-0.4, -0.2) is 36.6 Å². The van der Waals surface area contributed by atoms with Gasteiger partial charge in [0.2, 0.25) is 0 Å². The number of piperidine rings is 1. The van der Waals surface area contributed by atoms with E-state index in [0.29, 0.717) is 6.04 Å². The van der Waals surface area contributed by atoms with Crippen molar-refractivity contribution in [2.45, 2.75) is 38.3 Å². The topological polar surface area (TPSA) is 39.1 Å². The van der Waals surface area contributed by atoms with Crippen molar-refractivity contribution in [1.29, 1.82) is 5.26 Å². The Morgan fingerprint density at radius 3 is 2.69 bits per heavy atom. The van der Waals surface area contributed by atoms with Crippen LogP contribution in [0.5, 0.6) is 0 Å². The van der Waals surface area contributed by atoms with E-state index in [1.807, 2.05) is 0 Å². The molecule has 1 fully saturated rings. The van der Waals surface area contributed by atoms with Gasteiger partial charge in [0.25, 0.3) is 0 Å². The maximum Gasteiger partial charge on any atom is 0.119 e. The van der Waals surface area contributed by atoms with Crippen LogP contribution in [-0.2, 0) is 0 Å². The van der Waals surface area contributed by atoms with Crippen LogP contribution in [0.15, 0.2) is 0 Å². The molecule has 1 unspecified atom stereocenters. The minimum atomic E-state index is -0.304. The van der Waals surface area contributed by atoms with Gasteiger partial charge in [0.15, 0.2) is 0 Å². The minimum absolute atomic E-state index is 0.304. The third-order valence-electron chi connectivity index (χ3n) is 2.46. The highest BCUT2D eigenvalue weighted by atomic mass is 15.2. The summed E-state index contributed by atoms with van der Waals surface area (Å²) < 4.78 is 0. The lowest BCUT2D eigenvalue weighted by molar-refractivity contribution is 0.177. The van der Waals surface area contributed by atoms with E-state index >= 15 is 0 Å². The van der Waals surface area contributed by atoms with Crippen LogP contribution >= 0.6 is 0 Å². The smallest absolute Gasteiger partial charge is 0.119 e. The summed E-state index contributed by atoms with van der Waals surface area (Å²) in [5.74, 6) is 0. The van der Waals surface area contributed by atoms with Crippen LogP contribution < -0.4 is 5.32 Å². The molecule has 0 aromatic heterocycles. The molecule has 0 aliphatic carbocycles. The van der Waals surface area contributed by atoms with Crippen LogP contribution in [0.25, 0.3) is 0 Å². The average Bonchev–Trinajstić information content (AvgIpc) is 2.03. The second-order valence-electron chi connectivity index (χ2n) is 4.33. The molecule has 1 aliphatic heterocycles. The third-order valence-corrected chi connectivity index (χ3v) is 2.46. The van der Waals surface area contributed by atoms with Gasteiger partial charge >= 0.3 is 0 Å². The molecule has 0 amide bonds. The molecule has 1 aliphatic rings. The van der Waals surface area contributed by atoms with Crippen molar-refractivity contribution in [2.24, 2.45) is 0 Å². The highest BCUT2D eigenvalue weighted by Gasteiger charge is 2.34. The first kappa shape index (κ1) is 10.5. The van der Waals surface area contributed by atoms with E-state index in [2.05, 4.69) is 37.2 Å². The largest absolute Gasteiger partial charge is 0.303 e. The maximum atomic E-state index is 9.17. The van der Waals surface area contributed by atoms with Crippen molar-refractivity contribution in [2.75, 3.05) is 20.1 Å². The number of nitriles is 1. The summed E-state index contributed by atoms with van der Waals surface area (Å²) in [7, 11) is 2.08. The van der Waals surface area contributed by atoms with Crippen molar-refractivity contribution in [3.05, 3.63) is 0 Å². The molecule has 0 radical (unpaired) electrons. The predicted octanol–water partition coefficient (Wildman–Crippen LogP) is 0.972. The number of hydrogen-bond acceptors (Lipinski definition) is 3. The number of likely N-dealkylation sites (N-methyl/N-ethyl adjacent to an activating group) is 1. The zero-order chi connectivity index (χ0) is 9.90. The predicted molar refractivity (Wildman–Crippen MR) is 53.3 cm³/mol. The molecular formula is C10H19N3. The van der Waals surface area contributed by atoms with E-state index < -0.39 is 0 Å². The Balaban J connectivity index is 2.63. The quantitative estimate of drug-likeness (QED) is 0.690. The molecular weight excluding hydrogens is 162 g/mol. The fourth-order valence-corrected chi connectivity index (χ4v) is 2.06. The first-order valence-corrected chi connectivity index (χ1v) is 4.95. The molecule has 74 valence electrons. The normalized spacial score (nSPS) is 30.4. The van der Waals surface area contributed by atoms with E-state index in [1.54, 1.807) is 0 Å². The Labute approximate surface area is 80.7 Å². The van der Waals surface area contributed by atoms with Crippen molar-refractivity contribution in [1.82, 2.24) is 10.2 Å². The van der Waals surface area contributed by atoms with Crippen LogP contribution in [0.1, 0.15) is 26.7 Å². The summed E-state index contributed by atoms with van der Waals surface area (Å²) in [6.07, 6.45) is 2.09. The summed E-state index contributed by atoms with van der Waals surface area (Å²) in [6.45, 7) is 6.15. The van der Waals surface area contributed by atoms with Crippen molar-refractivity contribution >= 4 is 0 Å². The van der Waals surface area contributed by atoms with Gasteiger partial charge in [-0.3, -0.25) is 5.32 Å². The van der Waals surface area contributed by atoms with Crippen molar-refractivity contribution < 1.29 is 0 Å². The van der Waals surface area contributed by atoms with Crippen LogP contribution in [0, 0.1) is 11.3 Å². The van der Waals surface area contributed by atoms with Crippen LogP contribution in [0.2, 0.25) is 0 Å². The molecule has 0 aromatic rings. The van der Waals surface area contributed by atoms with E-state index in [4.69, 9.17) is 5.26 Å². The van der Waals surface area contributed by atoms with Gasteiger partial charge in [-0.25, -0.2) is 0 Å². The number of likely N-dealkylation sites (tertiary alicyclic amines) is 1. The zero-order valence-electron chi connectivity index (χ0n) is 8.80. The number of nitrogens with zero attached hydrogens (tertiary/aromatic N) is 2. The molecule has 0 saturated carbocycles. The highest BCUT2D eigenvalue weighted by molar-refractivity contribution is 5.11. The van der Waals surface area contributed by atoms with Gasteiger partial charge in [0.05, 0.1) is 6.07 Å². The highest BCUT2D eigenvalue weighted by Crippen LogP contribution is 2.19. The van der Waals surface area contributed by atoms with Crippen LogP contribution in [0.3, 0.4) is 0 Å². The Morgan fingerprint density at radius 1 is 1.54 bits per heavy atom. The summed E-state index contributed by atoms with van der Waals surface area (Å²) in [5.41, 5.74) is -0.304. The van der Waals surface area contributed by atoms with Gasteiger partial charge in [0, 0.05) is 12.6 Å². The molecule has 1 heterocycles. The molecule has 13 heavy (non-hydrogen) atoms. The molecule has 1 saturated heterocycles. The van der Waals surface area contributed by atoms with Gasteiger partial charge in [-0.1, -0.05) is 0 Å². The average molecular weight is 181 g/mol. The van der Waals surface area contributed by atoms with E-state index in [0.717, 1.165) is 25.9 Å². The Bertz CT molecular complexity index is 203. The van der Waals surface area contributed by atoms with Gasteiger partial charge in [-0.15, -0.1) is 0 Å². The molecule has 0 aromatic carbocycles. The van der Waals surface area contributed by atoms with Gasteiger partial charge < -0.3 is 4.90 Å². The number of nitrogens with one attached hydrogen (secondary N) is 1. The molecule has 1 N–H and O–H groups in total. The zero-order valence-corrected chi connectivity index (χ0v) is 8.80. The van der Waals surface area contributed by atoms with Crippen molar-refractivity contribution in [3.8, 4) is 6.07 Å². The summed E-state index contributed by atoms with van der Waals surface area (Å²) in [5, 5.41) is 12.5. The van der Waals surface area contributed by atoms with E-state index in [9.17, 15) is 0 Å². The lowest BCUT2D eigenvalue weighted by Gasteiger charge is -2.38. The number of hydrogen-bond donors (Lipinski definition) is 1. The lowest BCUT2D eigenvalue weighted by Crippen LogP contribution is -2.57. The fraction of sp³-hybridized carbons (Fsp3) is 0.900. The van der Waals surface area contributed by atoms with Gasteiger partial charge in [-0.2, -0.15) is 5.26 Å². The molecule has 3 nitrogen and oxygen atoms in total. The monoisotopic (exact) mass is 181 g/mol. The summed E-state index contributed by atoms with van der Waals surface area (Å²) in [4.78, 5) is 2.22. The first-order valence-electron chi connectivity index (χ1n) is 4.95. The summed E-state index contributed by atoms with van der Waals surface area (Å²) in [6, 6.07) is 2.81. The Morgan fingerprint density at radius 2 is 2.23 bits per heavy atom. The second kappa shape index (κ2) is 4.08. The lowest BCUT2D eigenvalue weighted by atomic mass is 9.90. The first-order chi connectivity index (χ1) is 6.08. The molecule has 0 bridgehead atoms. The van der Waals surface area contributed by atoms with Gasteiger partial charge in [-0.05, 0) is 40.3 Å². The SMILES string of the molecule is CC(C)NC1(C#N)CCCN(C)C1. The number of rotatable bonds is 2. The maximum absolute atomic E-state index is 9.17. The minimum Gasteiger partial charge on any atom is -0.303 e. The standard InChI is InChI=1S/C10H19N3/c1-9(2)12-10(7-11)5-4-6-13(3)8-10/h9,12H,4-6,8H2,1-3H3. The van der Waals surface area contributed by atoms with Crippen LogP contribution in [0.4, 0.5) is 0 Å². The van der Waals surface area contributed by atoms with E-state index in [1.165, 1.54) is 0 Å². The van der Waals surface area contributed by atoms with Gasteiger partial charge in [0.1, 0.15) is 5.54 Å². The molecule has 1 rings (SSSR count). The Hall–Kier alpha value is -0.590. The Kier molecular flexibility index (Phi) is 3.29. The molecule has 0 spiro atoms. The van der Waals surface area contributed by atoms with Crippen molar-refractivity contribution in [3.63, 3.8) is 0 Å². The summed E-state index contributed by atoms with van der Waals surface area (Å²) >= 11 is 0. The second-order valence-corrected chi connectivity index (χ2v) is 4.33. The molecule has 1 atom stereocenters. The fourth-order valence-electron chi connectivity index (χ4n) is 2.06. The van der Waals surface area contributed by atoms with E-state index in [-0.39, 0.29) is 5.54 Å². The third kappa shape index (κ3) is 2.68. The molecule has 3 heteroatoms.